The quantitative estimate of drug-likeness (QED) is 0.641. The highest BCUT2D eigenvalue weighted by molar-refractivity contribution is 5.85. The fraction of sp³-hybridized carbons (Fsp3) is 0.929. The van der Waals surface area contributed by atoms with E-state index in [9.17, 15) is 13.6 Å². The Balaban J connectivity index is 2.32. The van der Waals surface area contributed by atoms with E-state index >= 15 is 0 Å². The summed E-state index contributed by atoms with van der Waals surface area (Å²) in [6.45, 7) is 4.03. The average Bonchev–Trinajstić information content (AvgIpc) is 2.69. The first-order chi connectivity index (χ1) is 7.97. The minimum Gasteiger partial charge on any atom is -0.293 e. The molecule has 2 atom stereocenters. The molecule has 0 amide bonds. The first-order valence-electron chi connectivity index (χ1n) is 6.88. The summed E-state index contributed by atoms with van der Waals surface area (Å²) in [5.74, 6) is -2.84. The zero-order valence-corrected chi connectivity index (χ0v) is 11.0. The normalized spacial score (nSPS) is 25.2. The van der Waals surface area contributed by atoms with Gasteiger partial charge in [-0.25, -0.2) is 0 Å². The van der Waals surface area contributed by atoms with Crippen LogP contribution in [0.1, 0.15) is 65.2 Å². The van der Waals surface area contributed by atoms with E-state index in [1.54, 1.807) is 0 Å². The van der Waals surface area contributed by atoms with E-state index in [1.807, 2.05) is 6.92 Å². The number of alkyl halides is 2. The lowest BCUT2D eigenvalue weighted by Gasteiger charge is -2.18. The van der Waals surface area contributed by atoms with Gasteiger partial charge in [-0.05, 0) is 24.7 Å². The van der Waals surface area contributed by atoms with Crippen molar-refractivity contribution in [1.29, 1.82) is 0 Å². The number of rotatable bonds is 7. The number of halogens is 2. The molecule has 0 spiro atoms. The Kier molecular flexibility index (Phi) is 5.54. The Hall–Kier alpha value is -0.470. The van der Waals surface area contributed by atoms with Crippen molar-refractivity contribution in [2.75, 3.05) is 0 Å². The van der Waals surface area contributed by atoms with Crippen molar-refractivity contribution < 1.29 is 13.6 Å². The third-order valence-electron chi connectivity index (χ3n) is 4.03. The van der Waals surface area contributed by atoms with E-state index in [-0.39, 0.29) is 12.8 Å². The third kappa shape index (κ3) is 4.36. The molecular formula is C14H24F2O. The lowest BCUT2D eigenvalue weighted by Crippen LogP contribution is -2.29. The summed E-state index contributed by atoms with van der Waals surface area (Å²) in [4.78, 5) is 11.5. The van der Waals surface area contributed by atoms with Gasteiger partial charge < -0.3 is 0 Å². The Morgan fingerprint density at radius 3 is 2.59 bits per heavy atom. The smallest absolute Gasteiger partial charge is 0.293 e. The molecule has 0 aromatic rings. The van der Waals surface area contributed by atoms with Gasteiger partial charge in [-0.3, -0.25) is 4.79 Å². The summed E-state index contributed by atoms with van der Waals surface area (Å²) >= 11 is 0. The molecule has 1 aliphatic rings. The summed E-state index contributed by atoms with van der Waals surface area (Å²) in [6.07, 6.45) is 5.06. The largest absolute Gasteiger partial charge is 0.305 e. The molecule has 17 heavy (non-hydrogen) atoms. The Labute approximate surface area is 103 Å². The zero-order valence-electron chi connectivity index (χ0n) is 11.0. The van der Waals surface area contributed by atoms with E-state index in [4.69, 9.17) is 0 Å². The molecule has 0 radical (unpaired) electrons. The summed E-state index contributed by atoms with van der Waals surface area (Å²) in [7, 11) is 0. The molecule has 0 bridgehead atoms. The SMILES string of the molecule is CCCCC(F)(F)C(=O)CC[C@H]1CCCC1C. The number of Topliss-reactive ketones (excluding diaryl/α,β-unsaturated/α-hetero) is 1. The van der Waals surface area contributed by atoms with Crippen molar-refractivity contribution >= 4 is 5.78 Å². The Morgan fingerprint density at radius 1 is 1.35 bits per heavy atom. The lowest BCUT2D eigenvalue weighted by atomic mass is 9.91. The maximum atomic E-state index is 13.4. The zero-order chi connectivity index (χ0) is 12.9. The van der Waals surface area contributed by atoms with Crippen LogP contribution >= 0.6 is 0 Å². The molecule has 1 fully saturated rings. The van der Waals surface area contributed by atoms with Crippen LogP contribution in [0.2, 0.25) is 0 Å². The minimum atomic E-state index is -3.09. The van der Waals surface area contributed by atoms with Crippen LogP contribution < -0.4 is 0 Å². The molecule has 100 valence electrons. The molecule has 1 nitrogen and oxygen atoms in total. The number of ketones is 1. The monoisotopic (exact) mass is 246 g/mol. The van der Waals surface area contributed by atoms with Crippen LogP contribution in [0.5, 0.6) is 0 Å². The van der Waals surface area contributed by atoms with Crippen molar-refractivity contribution in [1.82, 2.24) is 0 Å². The minimum absolute atomic E-state index is 0.0612. The van der Waals surface area contributed by atoms with Gasteiger partial charge in [-0.2, -0.15) is 8.78 Å². The molecule has 3 heteroatoms. The molecule has 0 aromatic heterocycles. The predicted octanol–water partition coefficient (Wildman–Crippen LogP) is 4.60. The van der Waals surface area contributed by atoms with Gasteiger partial charge in [0.1, 0.15) is 0 Å². The standard InChI is InChI=1S/C14H24F2O/c1-3-4-10-14(15,16)13(17)9-8-12-7-5-6-11(12)2/h11-12H,3-10H2,1-2H3/t11?,12-/m1/s1. The molecule has 1 rings (SSSR count). The van der Waals surface area contributed by atoms with E-state index in [0.717, 1.165) is 6.42 Å². The number of carbonyl (C=O) groups excluding carboxylic acids is 1. The summed E-state index contributed by atoms with van der Waals surface area (Å²) in [5.41, 5.74) is 0. The van der Waals surface area contributed by atoms with Crippen LogP contribution in [-0.4, -0.2) is 11.7 Å². The van der Waals surface area contributed by atoms with Crippen LogP contribution in [0, 0.1) is 11.8 Å². The first-order valence-corrected chi connectivity index (χ1v) is 6.88. The number of hydrogen-bond acceptors (Lipinski definition) is 1. The van der Waals surface area contributed by atoms with Gasteiger partial charge in [0.2, 0.25) is 5.78 Å². The van der Waals surface area contributed by atoms with Gasteiger partial charge in [0, 0.05) is 12.8 Å². The molecule has 0 aliphatic heterocycles. The highest BCUT2D eigenvalue weighted by Crippen LogP contribution is 2.35. The molecule has 0 heterocycles. The second kappa shape index (κ2) is 6.46. The van der Waals surface area contributed by atoms with Crippen molar-refractivity contribution in [3.8, 4) is 0 Å². The number of unbranched alkanes of at least 4 members (excludes halogenated alkanes) is 1. The fourth-order valence-electron chi connectivity index (χ4n) is 2.69. The first kappa shape index (κ1) is 14.6. The summed E-state index contributed by atoms with van der Waals surface area (Å²) < 4.78 is 26.9. The van der Waals surface area contributed by atoms with Gasteiger partial charge in [0.05, 0.1) is 0 Å². The molecule has 1 aliphatic carbocycles. The molecule has 1 saturated carbocycles. The Bertz CT molecular complexity index is 251. The van der Waals surface area contributed by atoms with Crippen LogP contribution in [0.3, 0.4) is 0 Å². The van der Waals surface area contributed by atoms with Gasteiger partial charge >= 0.3 is 5.92 Å². The van der Waals surface area contributed by atoms with Crippen LogP contribution in [0.4, 0.5) is 8.78 Å². The van der Waals surface area contributed by atoms with Crippen LogP contribution in [0.25, 0.3) is 0 Å². The summed E-state index contributed by atoms with van der Waals surface area (Å²) in [5, 5.41) is 0. The van der Waals surface area contributed by atoms with E-state index in [0.29, 0.717) is 31.1 Å². The Morgan fingerprint density at radius 2 is 2.06 bits per heavy atom. The third-order valence-corrected chi connectivity index (χ3v) is 4.03. The van der Waals surface area contributed by atoms with Gasteiger partial charge in [-0.1, -0.05) is 39.5 Å². The van der Waals surface area contributed by atoms with Crippen molar-refractivity contribution in [2.24, 2.45) is 11.8 Å². The van der Waals surface area contributed by atoms with E-state index < -0.39 is 11.7 Å². The highest BCUT2D eigenvalue weighted by Gasteiger charge is 2.37. The fourth-order valence-corrected chi connectivity index (χ4v) is 2.69. The highest BCUT2D eigenvalue weighted by atomic mass is 19.3. The molecule has 0 N–H and O–H groups in total. The molecule has 0 saturated heterocycles. The topological polar surface area (TPSA) is 17.1 Å². The van der Waals surface area contributed by atoms with Crippen molar-refractivity contribution in [3.63, 3.8) is 0 Å². The maximum Gasteiger partial charge on any atom is 0.305 e. The lowest BCUT2D eigenvalue weighted by molar-refractivity contribution is -0.144. The summed E-state index contributed by atoms with van der Waals surface area (Å²) in [6, 6.07) is 0. The number of carbonyl (C=O) groups is 1. The second-order valence-corrected chi connectivity index (χ2v) is 5.44. The molecule has 0 aromatic carbocycles. The maximum absolute atomic E-state index is 13.4. The van der Waals surface area contributed by atoms with E-state index in [2.05, 4.69) is 6.92 Å². The van der Waals surface area contributed by atoms with Gasteiger partial charge in [-0.15, -0.1) is 0 Å². The molecular weight excluding hydrogens is 222 g/mol. The second-order valence-electron chi connectivity index (χ2n) is 5.44. The average molecular weight is 246 g/mol. The van der Waals surface area contributed by atoms with Crippen molar-refractivity contribution in [3.05, 3.63) is 0 Å². The number of hydrogen-bond donors (Lipinski definition) is 0. The predicted molar refractivity (Wildman–Crippen MR) is 65.2 cm³/mol. The van der Waals surface area contributed by atoms with Crippen LogP contribution in [-0.2, 0) is 4.79 Å². The van der Waals surface area contributed by atoms with E-state index in [1.165, 1.54) is 12.8 Å². The van der Waals surface area contributed by atoms with Gasteiger partial charge in [0.15, 0.2) is 0 Å². The van der Waals surface area contributed by atoms with Crippen LogP contribution in [0.15, 0.2) is 0 Å². The van der Waals surface area contributed by atoms with Gasteiger partial charge in [0.25, 0.3) is 0 Å². The molecule has 1 unspecified atom stereocenters. The van der Waals surface area contributed by atoms with Crippen molar-refractivity contribution in [2.45, 2.75) is 71.1 Å².